The van der Waals surface area contributed by atoms with Gasteiger partial charge in [-0.2, -0.15) is 0 Å². The highest BCUT2D eigenvalue weighted by Gasteiger charge is 1.88. The second kappa shape index (κ2) is 3.65. The molecule has 1 N–H and O–H groups in total. The van der Waals surface area contributed by atoms with E-state index < -0.39 is 0 Å². The Morgan fingerprint density at radius 3 is 2.57 bits per heavy atom. The predicted molar refractivity (Wildman–Crippen MR) is 29.7 cm³/mol. The second-order valence-electron chi connectivity index (χ2n) is 1.65. The van der Waals surface area contributed by atoms with E-state index in [1.165, 1.54) is 6.21 Å². The first-order valence-corrected chi connectivity index (χ1v) is 2.48. The van der Waals surface area contributed by atoms with Crippen molar-refractivity contribution in [2.24, 2.45) is 11.1 Å². The van der Waals surface area contributed by atoms with Crippen molar-refractivity contribution in [2.45, 2.75) is 20.3 Å². The summed E-state index contributed by atoms with van der Waals surface area (Å²) in [6.45, 7) is 4.05. The zero-order chi connectivity index (χ0) is 5.70. The van der Waals surface area contributed by atoms with Crippen molar-refractivity contribution in [2.75, 3.05) is 0 Å². The molecule has 0 spiro atoms. The molecule has 0 saturated carbocycles. The maximum Gasteiger partial charge on any atom is 0.0463 e. The zero-order valence-electron chi connectivity index (χ0n) is 4.76. The van der Waals surface area contributed by atoms with Crippen molar-refractivity contribution < 1.29 is 5.21 Å². The first kappa shape index (κ1) is 6.47. The molecule has 0 heterocycles. The molecule has 2 heteroatoms. The molecular weight excluding hydrogens is 90.1 g/mol. The van der Waals surface area contributed by atoms with Crippen LogP contribution in [-0.2, 0) is 0 Å². The molecule has 0 unspecified atom stereocenters. The number of rotatable bonds is 2. The minimum Gasteiger partial charge on any atom is -0.411 e. The van der Waals surface area contributed by atoms with E-state index in [0.717, 1.165) is 6.42 Å². The van der Waals surface area contributed by atoms with E-state index in [4.69, 9.17) is 5.21 Å². The van der Waals surface area contributed by atoms with Gasteiger partial charge in [0.1, 0.15) is 0 Å². The van der Waals surface area contributed by atoms with Gasteiger partial charge in [0, 0.05) is 6.21 Å². The molecule has 1 atom stereocenters. The molecule has 7 heavy (non-hydrogen) atoms. The standard InChI is InChI=1S/C5H11NO/c1-3-5(2)4-6-7/h4-5,7H,3H2,1-2H3/t5-/m0/s1. The molecule has 0 aliphatic rings. The Bertz CT molecular complexity index is 61.1. The van der Waals surface area contributed by atoms with Crippen LogP contribution in [0.1, 0.15) is 20.3 Å². The van der Waals surface area contributed by atoms with E-state index in [2.05, 4.69) is 5.16 Å². The lowest BCUT2D eigenvalue weighted by atomic mass is 10.1. The summed E-state index contributed by atoms with van der Waals surface area (Å²) in [5, 5.41) is 10.8. The van der Waals surface area contributed by atoms with Gasteiger partial charge in [-0.25, -0.2) is 0 Å². The third-order valence-corrected chi connectivity index (χ3v) is 0.965. The van der Waals surface area contributed by atoms with Crippen LogP contribution in [0.15, 0.2) is 5.16 Å². The lowest BCUT2D eigenvalue weighted by molar-refractivity contribution is 0.318. The summed E-state index contributed by atoms with van der Waals surface area (Å²) < 4.78 is 0. The van der Waals surface area contributed by atoms with Gasteiger partial charge in [0.05, 0.1) is 0 Å². The number of oxime groups is 1. The average Bonchev–Trinajstić information content (AvgIpc) is 1.68. The number of hydrogen-bond acceptors (Lipinski definition) is 2. The van der Waals surface area contributed by atoms with Crippen LogP contribution in [-0.4, -0.2) is 11.4 Å². The Morgan fingerprint density at radius 2 is 2.43 bits per heavy atom. The van der Waals surface area contributed by atoms with E-state index in [1.54, 1.807) is 0 Å². The van der Waals surface area contributed by atoms with Crippen molar-refractivity contribution in [3.8, 4) is 0 Å². The minimum atomic E-state index is 0.407. The molecule has 42 valence electrons. The van der Waals surface area contributed by atoms with Crippen LogP contribution in [0.2, 0.25) is 0 Å². The second-order valence-corrected chi connectivity index (χ2v) is 1.65. The maximum atomic E-state index is 7.94. The smallest absolute Gasteiger partial charge is 0.0463 e. The van der Waals surface area contributed by atoms with Crippen LogP contribution in [0.25, 0.3) is 0 Å². The molecule has 0 saturated heterocycles. The van der Waals surface area contributed by atoms with Crippen molar-refractivity contribution >= 4 is 6.21 Å². The van der Waals surface area contributed by atoms with E-state index in [1.807, 2.05) is 13.8 Å². The summed E-state index contributed by atoms with van der Waals surface area (Å²) in [5.41, 5.74) is 0. The van der Waals surface area contributed by atoms with Gasteiger partial charge in [-0.15, -0.1) is 5.16 Å². The molecule has 0 aromatic rings. The van der Waals surface area contributed by atoms with Crippen molar-refractivity contribution in [3.05, 3.63) is 0 Å². The Balaban J connectivity index is 3.16. The third kappa shape index (κ3) is 3.30. The van der Waals surface area contributed by atoms with E-state index >= 15 is 0 Å². The first-order valence-electron chi connectivity index (χ1n) is 2.48. The average molecular weight is 101 g/mol. The lowest BCUT2D eigenvalue weighted by Gasteiger charge is -1.93. The van der Waals surface area contributed by atoms with Crippen LogP contribution < -0.4 is 0 Å². The molecule has 0 fully saturated rings. The van der Waals surface area contributed by atoms with Gasteiger partial charge < -0.3 is 5.21 Å². The van der Waals surface area contributed by atoms with E-state index in [0.29, 0.717) is 5.92 Å². The predicted octanol–water partition coefficient (Wildman–Crippen LogP) is 1.49. The summed E-state index contributed by atoms with van der Waals surface area (Å²) in [6, 6.07) is 0. The Kier molecular flexibility index (Phi) is 3.38. The van der Waals surface area contributed by atoms with E-state index in [-0.39, 0.29) is 0 Å². The molecule has 0 bridgehead atoms. The largest absolute Gasteiger partial charge is 0.411 e. The molecule has 0 rings (SSSR count). The Hall–Kier alpha value is -0.530. The number of nitrogens with zero attached hydrogens (tertiary/aromatic N) is 1. The molecular formula is C5H11NO. The molecule has 0 aliphatic carbocycles. The van der Waals surface area contributed by atoms with Gasteiger partial charge in [-0.05, 0) is 12.3 Å². The van der Waals surface area contributed by atoms with Gasteiger partial charge in [0.15, 0.2) is 0 Å². The lowest BCUT2D eigenvalue weighted by Crippen LogP contribution is -1.90. The van der Waals surface area contributed by atoms with Gasteiger partial charge in [-0.3, -0.25) is 0 Å². The molecule has 0 amide bonds. The first-order chi connectivity index (χ1) is 3.31. The van der Waals surface area contributed by atoms with Gasteiger partial charge >= 0.3 is 0 Å². The maximum absolute atomic E-state index is 7.94. The fourth-order valence-corrected chi connectivity index (χ4v) is 0.219. The molecule has 0 radical (unpaired) electrons. The summed E-state index contributed by atoms with van der Waals surface area (Å²) in [6.07, 6.45) is 2.56. The van der Waals surface area contributed by atoms with Crippen molar-refractivity contribution in [1.29, 1.82) is 0 Å². The monoisotopic (exact) mass is 101 g/mol. The Morgan fingerprint density at radius 1 is 1.86 bits per heavy atom. The SMILES string of the molecule is CC[C@H](C)C=NO. The highest BCUT2D eigenvalue weighted by molar-refractivity contribution is 5.58. The number of hydrogen-bond donors (Lipinski definition) is 1. The highest BCUT2D eigenvalue weighted by atomic mass is 16.4. The molecule has 0 aromatic carbocycles. The summed E-state index contributed by atoms with van der Waals surface area (Å²) in [7, 11) is 0. The summed E-state index contributed by atoms with van der Waals surface area (Å²) in [5.74, 6) is 0.407. The fourth-order valence-electron chi connectivity index (χ4n) is 0.219. The quantitative estimate of drug-likeness (QED) is 0.319. The zero-order valence-corrected chi connectivity index (χ0v) is 4.76. The van der Waals surface area contributed by atoms with Crippen LogP contribution >= 0.6 is 0 Å². The summed E-state index contributed by atoms with van der Waals surface area (Å²) >= 11 is 0. The molecule has 2 nitrogen and oxygen atoms in total. The molecule has 0 aliphatic heterocycles. The minimum absolute atomic E-state index is 0.407. The van der Waals surface area contributed by atoms with Gasteiger partial charge in [0.2, 0.25) is 0 Å². The Labute approximate surface area is 43.8 Å². The van der Waals surface area contributed by atoms with Gasteiger partial charge in [-0.1, -0.05) is 13.8 Å². The summed E-state index contributed by atoms with van der Waals surface area (Å²) in [4.78, 5) is 0. The fraction of sp³-hybridized carbons (Fsp3) is 0.800. The topological polar surface area (TPSA) is 32.6 Å². The molecule has 0 aromatic heterocycles. The normalized spacial score (nSPS) is 15.1. The van der Waals surface area contributed by atoms with Crippen molar-refractivity contribution in [1.82, 2.24) is 0 Å². The third-order valence-electron chi connectivity index (χ3n) is 0.965. The van der Waals surface area contributed by atoms with Crippen LogP contribution in [0.4, 0.5) is 0 Å². The van der Waals surface area contributed by atoms with Crippen LogP contribution in [0, 0.1) is 5.92 Å². The van der Waals surface area contributed by atoms with Gasteiger partial charge in [0.25, 0.3) is 0 Å². The van der Waals surface area contributed by atoms with Crippen LogP contribution in [0.5, 0.6) is 0 Å². The highest BCUT2D eigenvalue weighted by Crippen LogP contribution is 1.93. The van der Waals surface area contributed by atoms with E-state index in [9.17, 15) is 0 Å². The van der Waals surface area contributed by atoms with Crippen LogP contribution in [0.3, 0.4) is 0 Å². The van der Waals surface area contributed by atoms with Crippen molar-refractivity contribution in [3.63, 3.8) is 0 Å².